The van der Waals surface area contributed by atoms with Gasteiger partial charge in [-0.3, -0.25) is 14.6 Å². The van der Waals surface area contributed by atoms with Crippen molar-refractivity contribution >= 4 is 0 Å². The Morgan fingerprint density at radius 2 is 2.26 bits per heavy atom. The number of nitrogens with zero attached hydrogens (tertiary/aromatic N) is 6. The van der Waals surface area contributed by atoms with Crippen LogP contribution in [0, 0.1) is 5.92 Å². The van der Waals surface area contributed by atoms with Crippen LogP contribution in [0.5, 0.6) is 0 Å². The molecule has 2 atom stereocenters. The van der Waals surface area contributed by atoms with Crippen LogP contribution in [0.3, 0.4) is 0 Å². The van der Waals surface area contributed by atoms with E-state index in [0.29, 0.717) is 11.7 Å². The third-order valence-corrected chi connectivity index (χ3v) is 6.20. The first-order valence-corrected chi connectivity index (χ1v) is 9.76. The van der Waals surface area contributed by atoms with E-state index in [4.69, 9.17) is 9.51 Å². The van der Waals surface area contributed by atoms with Crippen molar-refractivity contribution in [2.75, 3.05) is 13.1 Å². The Balaban J connectivity index is 1.40. The molecule has 5 rings (SSSR count). The van der Waals surface area contributed by atoms with Crippen LogP contribution in [-0.4, -0.2) is 42.9 Å². The fourth-order valence-corrected chi connectivity index (χ4v) is 4.91. The lowest BCUT2D eigenvalue weighted by molar-refractivity contribution is 0.242. The third-order valence-electron chi connectivity index (χ3n) is 6.20. The van der Waals surface area contributed by atoms with Gasteiger partial charge >= 0.3 is 0 Å². The number of hydrogen-bond acceptors (Lipinski definition) is 6. The molecule has 7 nitrogen and oxygen atoms in total. The highest BCUT2D eigenvalue weighted by atomic mass is 16.5. The highest BCUT2D eigenvalue weighted by Crippen LogP contribution is 2.50. The van der Waals surface area contributed by atoms with Crippen molar-refractivity contribution < 1.29 is 4.52 Å². The van der Waals surface area contributed by atoms with Crippen LogP contribution in [0.15, 0.2) is 41.3 Å². The van der Waals surface area contributed by atoms with Gasteiger partial charge in [0.1, 0.15) is 0 Å². The summed E-state index contributed by atoms with van der Waals surface area (Å²) in [5, 5.41) is 8.66. The highest BCUT2D eigenvalue weighted by Gasteiger charge is 2.54. The normalized spacial score (nSPS) is 25.1. The van der Waals surface area contributed by atoms with Gasteiger partial charge in [0.15, 0.2) is 0 Å². The number of likely N-dealkylation sites (tertiary alicyclic amines) is 1. The standard InChI is InChI=1S/C20H24N6O/c1-2-26-17(7-10-22-26)13-25-12-16-6-3-8-20(16,14-25)19-23-18(24-27-19)15-5-4-9-21-11-15/h4-5,7,9-11,16H,2-3,6,8,12-14H2,1H3/t16-,20-/m1/s1. The minimum absolute atomic E-state index is 0.00940. The predicted octanol–water partition coefficient (Wildman–Crippen LogP) is 2.90. The molecule has 0 unspecified atom stereocenters. The van der Waals surface area contributed by atoms with E-state index in [0.717, 1.165) is 44.1 Å². The summed E-state index contributed by atoms with van der Waals surface area (Å²) in [6.45, 7) is 6.02. The van der Waals surface area contributed by atoms with Crippen molar-refractivity contribution in [1.29, 1.82) is 0 Å². The summed E-state index contributed by atoms with van der Waals surface area (Å²) in [5.74, 6) is 2.02. The molecule has 0 amide bonds. The number of aromatic nitrogens is 5. The van der Waals surface area contributed by atoms with Gasteiger partial charge in [-0.15, -0.1) is 0 Å². The van der Waals surface area contributed by atoms with Crippen molar-refractivity contribution in [3.63, 3.8) is 0 Å². The van der Waals surface area contributed by atoms with Crippen molar-refractivity contribution in [1.82, 2.24) is 29.8 Å². The first kappa shape index (κ1) is 16.6. The van der Waals surface area contributed by atoms with Crippen LogP contribution in [0.25, 0.3) is 11.4 Å². The van der Waals surface area contributed by atoms with Crippen LogP contribution in [0.4, 0.5) is 0 Å². The highest BCUT2D eigenvalue weighted by molar-refractivity contribution is 5.52. The summed E-state index contributed by atoms with van der Waals surface area (Å²) >= 11 is 0. The minimum Gasteiger partial charge on any atom is -0.338 e. The Labute approximate surface area is 158 Å². The molecule has 0 spiro atoms. The molecule has 1 aliphatic heterocycles. The van der Waals surface area contributed by atoms with E-state index >= 15 is 0 Å². The van der Waals surface area contributed by atoms with Crippen molar-refractivity contribution in [2.24, 2.45) is 5.92 Å². The van der Waals surface area contributed by atoms with Crippen LogP contribution in [0.2, 0.25) is 0 Å². The molecule has 3 aromatic heterocycles. The average Bonchev–Trinajstić information content (AvgIpc) is 3.45. The van der Waals surface area contributed by atoms with E-state index in [9.17, 15) is 0 Å². The molecule has 0 bridgehead atoms. The molecule has 0 N–H and O–H groups in total. The van der Waals surface area contributed by atoms with Crippen molar-refractivity contribution in [3.05, 3.63) is 48.4 Å². The van der Waals surface area contributed by atoms with Crippen LogP contribution < -0.4 is 0 Å². The van der Waals surface area contributed by atoms with Gasteiger partial charge in [-0.1, -0.05) is 11.6 Å². The largest absolute Gasteiger partial charge is 0.338 e. The molecule has 1 saturated carbocycles. The number of rotatable bonds is 5. The average molecular weight is 364 g/mol. The van der Waals surface area contributed by atoms with Crippen LogP contribution in [0.1, 0.15) is 37.8 Å². The maximum Gasteiger partial charge on any atom is 0.234 e. The summed E-state index contributed by atoms with van der Waals surface area (Å²) in [5.41, 5.74) is 2.17. The minimum atomic E-state index is -0.00940. The quantitative estimate of drug-likeness (QED) is 0.693. The molecule has 0 radical (unpaired) electrons. The summed E-state index contributed by atoms with van der Waals surface area (Å²) in [6, 6.07) is 5.99. The van der Waals surface area contributed by atoms with Gasteiger partial charge in [-0.05, 0) is 43.9 Å². The molecule has 140 valence electrons. The molecule has 0 aromatic carbocycles. The van der Waals surface area contributed by atoms with E-state index in [2.05, 4.69) is 37.8 Å². The lowest BCUT2D eigenvalue weighted by Gasteiger charge is -2.24. The lowest BCUT2D eigenvalue weighted by atomic mass is 9.80. The number of aryl methyl sites for hydroxylation is 1. The maximum absolute atomic E-state index is 5.80. The summed E-state index contributed by atoms with van der Waals surface area (Å²) in [4.78, 5) is 11.5. The summed E-state index contributed by atoms with van der Waals surface area (Å²) in [6.07, 6.45) is 9.01. The molecule has 2 fully saturated rings. The molecule has 3 aromatic rings. The van der Waals surface area contributed by atoms with Gasteiger partial charge in [0, 0.05) is 50.3 Å². The molecule has 7 heteroatoms. The zero-order chi connectivity index (χ0) is 18.3. The van der Waals surface area contributed by atoms with E-state index < -0.39 is 0 Å². The summed E-state index contributed by atoms with van der Waals surface area (Å²) < 4.78 is 7.88. The van der Waals surface area contributed by atoms with Crippen LogP contribution >= 0.6 is 0 Å². The number of pyridine rings is 1. The fourth-order valence-electron chi connectivity index (χ4n) is 4.91. The molecule has 1 aliphatic carbocycles. The van der Waals surface area contributed by atoms with Gasteiger partial charge in [0.25, 0.3) is 0 Å². The fraction of sp³-hybridized carbons (Fsp3) is 0.500. The first-order valence-electron chi connectivity index (χ1n) is 9.76. The van der Waals surface area contributed by atoms with E-state index in [1.54, 1.807) is 12.4 Å². The molecule has 2 aliphatic rings. The van der Waals surface area contributed by atoms with Crippen molar-refractivity contribution in [3.8, 4) is 11.4 Å². The number of hydrogen-bond donors (Lipinski definition) is 0. The lowest BCUT2D eigenvalue weighted by Crippen LogP contribution is -2.32. The van der Waals surface area contributed by atoms with Gasteiger partial charge in [-0.25, -0.2) is 0 Å². The van der Waals surface area contributed by atoms with E-state index in [1.165, 1.54) is 18.5 Å². The smallest absolute Gasteiger partial charge is 0.234 e. The topological polar surface area (TPSA) is 72.9 Å². The molecule has 4 heterocycles. The second kappa shape index (κ2) is 6.56. The van der Waals surface area contributed by atoms with Gasteiger partial charge < -0.3 is 4.52 Å². The zero-order valence-corrected chi connectivity index (χ0v) is 15.6. The Bertz CT molecular complexity index is 919. The maximum atomic E-state index is 5.80. The Hall–Kier alpha value is -2.54. The van der Waals surface area contributed by atoms with E-state index in [1.807, 2.05) is 18.3 Å². The zero-order valence-electron chi connectivity index (χ0n) is 15.6. The van der Waals surface area contributed by atoms with Gasteiger partial charge in [-0.2, -0.15) is 10.1 Å². The SMILES string of the molecule is CCn1nccc1CN1C[C@H]2CCC[C@@]2(c2nc(-c3cccnc3)no2)C1. The number of fused-ring (bicyclic) bond motifs is 1. The van der Waals surface area contributed by atoms with Crippen LogP contribution in [-0.2, 0) is 18.5 Å². The molecular formula is C20H24N6O. The molecular weight excluding hydrogens is 340 g/mol. The molecule has 1 saturated heterocycles. The first-order chi connectivity index (χ1) is 13.3. The third kappa shape index (κ3) is 2.77. The van der Waals surface area contributed by atoms with Gasteiger partial charge in [0.05, 0.1) is 11.1 Å². The Morgan fingerprint density at radius 3 is 3.11 bits per heavy atom. The van der Waals surface area contributed by atoms with Gasteiger partial charge in [0.2, 0.25) is 11.7 Å². The van der Waals surface area contributed by atoms with Crippen molar-refractivity contribution in [2.45, 2.75) is 44.7 Å². The monoisotopic (exact) mass is 364 g/mol. The Morgan fingerprint density at radius 1 is 1.30 bits per heavy atom. The van der Waals surface area contributed by atoms with E-state index in [-0.39, 0.29) is 5.41 Å². The second-order valence-electron chi connectivity index (χ2n) is 7.72. The molecule has 27 heavy (non-hydrogen) atoms. The predicted molar refractivity (Wildman–Crippen MR) is 99.7 cm³/mol. The second-order valence-corrected chi connectivity index (χ2v) is 7.72. The Kier molecular flexibility index (Phi) is 4.04. The summed E-state index contributed by atoms with van der Waals surface area (Å²) in [7, 11) is 0.